The van der Waals surface area contributed by atoms with Crippen LogP contribution in [0.3, 0.4) is 0 Å². The second kappa shape index (κ2) is 7.06. The zero-order chi connectivity index (χ0) is 19.3. The number of carbonyl (C=O) groups is 1. The Hall–Kier alpha value is -1.54. The number of nitrogens with zero attached hydrogens (tertiary/aromatic N) is 1. The van der Waals surface area contributed by atoms with Crippen LogP contribution in [0.2, 0.25) is 5.02 Å². The van der Waals surface area contributed by atoms with Crippen LogP contribution in [0.15, 0.2) is 35.3 Å². The van der Waals surface area contributed by atoms with Gasteiger partial charge in [-0.05, 0) is 30.5 Å². The highest BCUT2D eigenvalue weighted by atomic mass is 35.5. The molecule has 0 amide bonds. The van der Waals surface area contributed by atoms with E-state index in [1.165, 1.54) is 7.11 Å². The molecule has 5 rings (SSSR count). The van der Waals surface area contributed by atoms with Gasteiger partial charge in [-0.1, -0.05) is 23.8 Å². The van der Waals surface area contributed by atoms with E-state index in [9.17, 15) is 4.79 Å². The maximum atomic E-state index is 11.6. The van der Waals surface area contributed by atoms with Crippen molar-refractivity contribution in [1.29, 1.82) is 0 Å². The van der Waals surface area contributed by atoms with Crippen molar-refractivity contribution in [3.63, 3.8) is 0 Å². The lowest BCUT2D eigenvalue weighted by Gasteiger charge is -2.47. The molecule has 1 saturated heterocycles. The van der Waals surface area contributed by atoms with Gasteiger partial charge in [0.25, 0.3) is 0 Å². The first kappa shape index (κ1) is 18.5. The highest BCUT2D eigenvalue weighted by Gasteiger charge is 2.62. The fourth-order valence-corrected chi connectivity index (χ4v) is 6.23. The third-order valence-corrected chi connectivity index (χ3v) is 7.43. The summed E-state index contributed by atoms with van der Waals surface area (Å²) in [7, 11) is 1.34. The van der Waals surface area contributed by atoms with Gasteiger partial charge in [0.2, 0.25) is 0 Å². The van der Waals surface area contributed by atoms with Gasteiger partial charge in [-0.25, -0.2) is 4.79 Å². The summed E-state index contributed by atoms with van der Waals surface area (Å²) in [5, 5.41) is 4.48. The standard InChI is InChI=1S/C20H21ClN2O4S/c1-25-19(24)11-2-3-14(13(21)6-11)26-9-16-23-18-12-4-5-20(7-12,27-16)17(18)15-8-22-10-28-15/h2-6,10,12,15-18,23H,7-9H2,1H3. The van der Waals surface area contributed by atoms with Gasteiger partial charge in [-0.3, -0.25) is 10.3 Å². The largest absolute Gasteiger partial charge is 0.488 e. The number of carbonyl (C=O) groups excluding carboxylic acids is 1. The molecule has 2 aliphatic heterocycles. The van der Waals surface area contributed by atoms with E-state index in [0.29, 0.717) is 46.1 Å². The number of rotatable bonds is 5. The Morgan fingerprint density at radius 3 is 3.11 bits per heavy atom. The summed E-state index contributed by atoms with van der Waals surface area (Å²) in [5.41, 5.74) is 2.14. The molecule has 1 aromatic carbocycles. The van der Waals surface area contributed by atoms with Gasteiger partial charge >= 0.3 is 5.97 Å². The summed E-state index contributed by atoms with van der Waals surface area (Å²) >= 11 is 8.08. The van der Waals surface area contributed by atoms with Crippen LogP contribution < -0.4 is 10.1 Å². The quantitative estimate of drug-likeness (QED) is 0.583. The Morgan fingerprint density at radius 1 is 1.50 bits per heavy atom. The molecule has 2 heterocycles. The highest BCUT2D eigenvalue weighted by molar-refractivity contribution is 8.12. The second-order valence-electron chi connectivity index (χ2n) is 7.60. The molecule has 0 radical (unpaired) electrons. The number of hydrogen-bond acceptors (Lipinski definition) is 7. The summed E-state index contributed by atoms with van der Waals surface area (Å²) in [4.78, 5) is 16.0. The number of halogens is 1. The van der Waals surface area contributed by atoms with Crippen LogP contribution in [0.4, 0.5) is 0 Å². The number of fused-ring (bicyclic) bond motifs is 3. The monoisotopic (exact) mass is 420 g/mol. The van der Waals surface area contributed by atoms with Gasteiger partial charge in [0.1, 0.15) is 18.6 Å². The molecule has 1 N–H and O–H groups in total. The molecule has 1 aromatic rings. The van der Waals surface area contributed by atoms with Crippen LogP contribution in [0, 0.1) is 11.8 Å². The minimum absolute atomic E-state index is 0.208. The Balaban J connectivity index is 1.26. The summed E-state index contributed by atoms with van der Waals surface area (Å²) in [6.45, 7) is 1.21. The van der Waals surface area contributed by atoms with Crippen molar-refractivity contribution in [2.45, 2.75) is 29.5 Å². The molecule has 8 heteroatoms. The van der Waals surface area contributed by atoms with Crippen molar-refractivity contribution in [2.75, 3.05) is 20.3 Å². The number of thioether (sulfide) groups is 1. The van der Waals surface area contributed by atoms with E-state index in [4.69, 9.17) is 25.8 Å². The smallest absolute Gasteiger partial charge is 0.337 e. The van der Waals surface area contributed by atoms with E-state index in [1.54, 1.807) is 18.2 Å². The van der Waals surface area contributed by atoms with Crippen molar-refractivity contribution < 1.29 is 19.0 Å². The SMILES string of the molecule is COC(=O)c1ccc(OCC2NC3C4C=CC(C4)(O2)C3C2CN=CS2)c(Cl)c1. The Bertz CT molecular complexity index is 855. The van der Waals surface area contributed by atoms with Crippen molar-refractivity contribution >= 4 is 34.9 Å². The van der Waals surface area contributed by atoms with Crippen molar-refractivity contribution in [2.24, 2.45) is 16.8 Å². The Morgan fingerprint density at radius 2 is 2.39 bits per heavy atom. The highest BCUT2D eigenvalue weighted by Crippen LogP contribution is 2.55. The first-order valence-electron chi connectivity index (χ1n) is 9.37. The number of nitrogens with one attached hydrogen (secondary N) is 1. The summed E-state index contributed by atoms with van der Waals surface area (Å²) in [6.07, 6.45) is 5.36. The van der Waals surface area contributed by atoms with Crippen molar-refractivity contribution in [3.05, 3.63) is 40.9 Å². The molecule has 28 heavy (non-hydrogen) atoms. The molecular formula is C20H21ClN2O4S. The van der Waals surface area contributed by atoms with Gasteiger partial charge in [-0.2, -0.15) is 0 Å². The minimum atomic E-state index is -0.427. The maximum absolute atomic E-state index is 11.6. The molecule has 1 saturated carbocycles. The van der Waals surface area contributed by atoms with E-state index in [0.717, 1.165) is 13.0 Å². The number of hydrogen-bond donors (Lipinski definition) is 1. The second-order valence-corrected chi connectivity index (χ2v) is 9.10. The molecule has 2 aliphatic carbocycles. The molecule has 6 nitrogen and oxygen atoms in total. The van der Waals surface area contributed by atoms with E-state index >= 15 is 0 Å². The average molecular weight is 421 g/mol. The fraction of sp³-hybridized carbons (Fsp3) is 0.500. The predicted molar refractivity (Wildman–Crippen MR) is 108 cm³/mol. The topological polar surface area (TPSA) is 69.2 Å². The van der Waals surface area contributed by atoms with Gasteiger partial charge in [-0.15, -0.1) is 11.8 Å². The maximum Gasteiger partial charge on any atom is 0.337 e. The summed E-state index contributed by atoms with van der Waals surface area (Å²) in [5.74, 6) is 1.02. The van der Waals surface area contributed by atoms with E-state index in [-0.39, 0.29) is 11.8 Å². The van der Waals surface area contributed by atoms with Crippen LogP contribution in [-0.2, 0) is 9.47 Å². The Kier molecular flexibility index (Phi) is 4.66. The minimum Gasteiger partial charge on any atom is -0.488 e. The number of esters is 1. The molecule has 148 valence electrons. The lowest BCUT2D eigenvalue weighted by molar-refractivity contribution is -0.143. The van der Waals surface area contributed by atoms with Crippen molar-refractivity contribution in [3.8, 4) is 5.75 Å². The Labute approximate surface area is 172 Å². The van der Waals surface area contributed by atoms with Gasteiger partial charge < -0.3 is 14.2 Å². The molecule has 0 aromatic heterocycles. The van der Waals surface area contributed by atoms with Crippen LogP contribution >= 0.6 is 23.4 Å². The van der Waals surface area contributed by atoms with E-state index in [1.807, 2.05) is 17.3 Å². The third-order valence-electron chi connectivity index (χ3n) is 6.07. The molecule has 3 bridgehead atoms. The van der Waals surface area contributed by atoms with Crippen LogP contribution in [0.1, 0.15) is 16.8 Å². The molecule has 1 spiro atoms. The summed E-state index contributed by atoms with van der Waals surface area (Å²) in [6, 6.07) is 5.26. The first-order chi connectivity index (χ1) is 13.6. The van der Waals surface area contributed by atoms with Crippen molar-refractivity contribution in [1.82, 2.24) is 5.32 Å². The predicted octanol–water partition coefficient (Wildman–Crippen LogP) is 2.91. The zero-order valence-corrected chi connectivity index (χ0v) is 16.9. The van der Waals surface area contributed by atoms with Gasteiger partial charge in [0.05, 0.1) is 35.4 Å². The lowest BCUT2D eigenvalue weighted by Crippen LogP contribution is -2.62. The zero-order valence-electron chi connectivity index (χ0n) is 15.3. The van der Waals surface area contributed by atoms with E-state index < -0.39 is 5.97 Å². The number of benzene rings is 1. The van der Waals surface area contributed by atoms with Crippen LogP contribution in [0.25, 0.3) is 0 Å². The molecular weight excluding hydrogens is 400 g/mol. The molecule has 4 aliphatic rings. The third kappa shape index (κ3) is 2.96. The molecule has 6 atom stereocenters. The van der Waals surface area contributed by atoms with Gasteiger partial charge in [0.15, 0.2) is 0 Å². The molecule has 2 fully saturated rings. The number of aliphatic imine (C=N–C) groups is 1. The lowest BCUT2D eigenvalue weighted by atomic mass is 9.81. The van der Waals surface area contributed by atoms with Crippen LogP contribution in [-0.4, -0.2) is 54.9 Å². The first-order valence-corrected chi connectivity index (χ1v) is 10.7. The fourth-order valence-electron chi connectivity index (χ4n) is 4.93. The normalized spacial score (nSPS) is 37.4. The van der Waals surface area contributed by atoms with Gasteiger partial charge in [0, 0.05) is 17.2 Å². The van der Waals surface area contributed by atoms with Crippen LogP contribution in [0.5, 0.6) is 5.75 Å². The number of ether oxygens (including phenoxy) is 3. The summed E-state index contributed by atoms with van der Waals surface area (Å²) < 4.78 is 17.1. The van der Waals surface area contributed by atoms with E-state index in [2.05, 4.69) is 22.5 Å². The molecule has 6 unspecified atom stereocenters. The number of methoxy groups -OCH3 is 1. The average Bonchev–Trinajstić information content (AvgIpc) is 3.39.